The second kappa shape index (κ2) is 6.91. The molecule has 0 spiro atoms. The molecule has 0 aliphatic carbocycles. The van der Waals surface area contributed by atoms with E-state index in [1.165, 1.54) is 0 Å². The predicted octanol–water partition coefficient (Wildman–Crippen LogP) is 0.113. The molecule has 3 atom stereocenters. The van der Waals surface area contributed by atoms with Gasteiger partial charge in [-0.15, -0.1) is 0 Å². The van der Waals surface area contributed by atoms with Crippen molar-refractivity contribution in [2.24, 2.45) is 0 Å². The molecular weight excluding hydrogens is 298 g/mol. The van der Waals surface area contributed by atoms with Crippen LogP contribution in [-0.2, 0) is 4.74 Å². The third kappa shape index (κ3) is 3.42. The zero-order valence-electron chi connectivity index (χ0n) is 12.5. The number of carbonyl (C=O) groups excluding carboxylic acids is 1. The summed E-state index contributed by atoms with van der Waals surface area (Å²) < 4.78 is 7.10. The largest absolute Gasteiger partial charge is 0.394 e. The Balaban J connectivity index is 1.66. The predicted molar refractivity (Wildman–Crippen MR) is 82.3 cm³/mol. The number of nitrogens with zero attached hydrogens (tertiary/aromatic N) is 2. The molecule has 23 heavy (non-hydrogen) atoms. The van der Waals surface area contributed by atoms with Gasteiger partial charge in [-0.25, -0.2) is 4.98 Å². The van der Waals surface area contributed by atoms with E-state index in [4.69, 9.17) is 9.84 Å². The highest BCUT2D eigenvalue weighted by Gasteiger charge is 2.33. The molecule has 1 amide bonds. The van der Waals surface area contributed by atoms with Gasteiger partial charge in [0.15, 0.2) is 0 Å². The van der Waals surface area contributed by atoms with Crippen molar-refractivity contribution in [2.45, 2.75) is 24.7 Å². The van der Waals surface area contributed by atoms with Gasteiger partial charge in [0, 0.05) is 30.3 Å². The molecular formula is C16H19N3O4. The fourth-order valence-electron chi connectivity index (χ4n) is 2.64. The summed E-state index contributed by atoms with van der Waals surface area (Å²) in [5.74, 6) is -0.259. The summed E-state index contributed by atoms with van der Waals surface area (Å²) in [5, 5.41) is 22.0. The van der Waals surface area contributed by atoms with Crippen LogP contribution in [0.3, 0.4) is 0 Å². The number of benzene rings is 1. The molecule has 2 aromatic rings. The van der Waals surface area contributed by atoms with Crippen molar-refractivity contribution < 1.29 is 19.7 Å². The number of rotatable bonds is 4. The number of aliphatic hydroxyl groups excluding tert-OH is 2. The van der Waals surface area contributed by atoms with Crippen LogP contribution < -0.4 is 5.32 Å². The smallest absolute Gasteiger partial charge is 0.251 e. The summed E-state index contributed by atoms with van der Waals surface area (Å²) in [5.41, 5.74) is 1.42. The third-order valence-corrected chi connectivity index (χ3v) is 3.98. The first-order valence-corrected chi connectivity index (χ1v) is 7.49. The van der Waals surface area contributed by atoms with Crippen LogP contribution in [0.25, 0.3) is 5.69 Å². The molecule has 0 unspecified atom stereocenters. The molecule has 122 valence electrons. The molecule has 1 fully saturated rings. The first kappa shape index (κ1) is 15.7. The summed E-state index contributed by atoms with van der Waals surface area (Å²) in [6.45, 7) is 0.125. The standard InChI is InChI=1S/C16H19N3O4/c20-9-14-15(21)13(5-8-23-14)18-16(22)11-1-3-12(4-2-11)19-7-6-17-10-19/h1-4,6-7,10,13-15,20-21H,5,8-9H2,(H,18,22)/t13-,14+,15-/m0/s1. The second-order valence-electron chi connectivity index (χ2n) is 5.47. The van der Waals surface area contributed by atoms with Gasteiger partial charge in [0.2, 0.25) is 0 Å². The average Bonchev–Trinajstić information content (AvgIpc) is 3.11. The quantitative estimate of drug-likeness (QED) is 0.744. The summed E-state index contributed by atoms with van der Waals surface area (Å²) in [4.78, 5) is 16.3. The number of imidazole rings is 1. The van der Waals surface area contributed by atoms with Crippen molar-refractivity contribution in [3.05, 3.63) is 48.5 Å². The van der Waals surface area contributed by atoms with Crippen LogP contribution in [-0.4, -0.2) is 57.1 Å². The Kier molecular flexibility index (Phi) is 4.71. The Morgan fingerprint density at radius 2 is 2.17 bits per heavy atom. The van der Waals surface area contributed by atoms with Crippen molar-refractivity contribution in [3.63, 3.8) is 0 Å². The Morgan fingerprint density at radius 1 is 1.39 bits per heavy atom. The summed E-state index contributed by atoms with van der Waals surface area (Å²) in [6.07, 6.45) is 4.13. The molecule has 0 bridgehead atoms. The molecule has 1 aliphatic heterocycles. The number of ether oxygens (including phenoxy) is 1. The maximum Gasteiger partial charge on any atom is 0.251 e. The topological polar surface area (TPSA) is 96.6 Å². The lowest BCUT2D eigenvalue weighted by molar-refractivity contribution is -0.107. The summed E-state index contributed by atoms with van der Waals surface area (Å²) >= 11 is 0. The molecule has 3 N–H and O–H groups in total. The average molecular weight is 317 g/mol. The lowest BCUT2D eigenvalue weighted by Gasteiger charge is -2.34. The van der Waals surface area contributed by atoms with E-state index < -0.39 is 18.2 Å². The van der Waals surface area contributed by atoms with Crippen LogP contribution in [0.5, 0.6) is 0 Å². The number of nitrogens with one attached hydrogen (secondary N) is 1. The number of aromatic nitrogens is 2. The fourth-order valence-corrected chi connectivity index (χ4v) is 2.64. The van der Waals surface area contributed by atoms with Gasteiger partial charge < -0.3 is 24.8 Å². The van der Waals surface area contributed by atoms with Gasteiger partial charge >= 0.3 is 0 Å². The third-order valence-electron chi connectivity index (χ3n) is 3.98. The summed E-state index contributed by atoms with van der Waals surface area (Å²) in [6, 6.07) is 6.67. The number of carbonyl (C=O) groups is 1. The Labute approximate surface area is 133 Å². The van der Waals surface area contributed by atoms with E-state index in [2.05, 4.69) is 10.3 Å². The Hall–Kier alpha value is -2.22. The zero-order valence-corrected chi connectivity index (χ0v) is 12.5. The molecule has 2 heterocycles. The molecule has 0 saturated carbocycles. The first-order valence-electron chi connectivity index (χ1n) is 7.49. The minimum Gasteiger partial charge on any atom is -0.394 e. The van der Waals surface area contributed by atoms with Crippen LogP contribution in [0.15, 0.2) is 43.0 Å². The Bertz CT molecular complexity index is 642. The highest BCUT2D eigenvalue weighted by atomic mass is 16.5. The van der Waals surface area contributed by atoms with E-state index in [9.17, 15) is 9.90 Å². The molecule has 1 saturated heterocycles. The number of aliphatic hydroxyl groups is 2. The van der Waals surface area contributed by atoms with Crippen molar-refractivity contribution in [1.82, 2.24) is 14.9 Å². The maximum atomic E-state index is 12.3. The van der Waals surface area contributed by atoms with Crippen LogP contribution in [0, 0.1) is 0 Å². The van der Waals surface area contributed by atoms with Crippen LogP contribution in [0.1, 0.15) is 16.8 Å². The van der Waals surface area contributed by atoms with E-state index in [1.54, 1.807) is 24.7 Å². The molecule has 1 aromatic heterocycles. The van der Waals surface area contributed by atoms with Crippen LogP contribution in [0.2, 0.25) is 0 Å². The van der Waals surface area contributed by atoms with Crippen LogP contribution >= 0.6 is 0 Å². The highest BCUT2D eigenvalue weighted by molar-refractivity contribution is 5.94. The fraction of sp³-hybridized carbons (Fsp3) is 0.375. The maximum absolute atomic E-state index is 12.3. The van der Waals surface area contributed by atoms with Gasteiger partial charge in [-0.3, -0.25) is 4.79 Å². The first-order chi connectivity index (χ1) is 11.2. The Morgan fingerprint density at radius 3 is 2.83 bits per heavy atom. The zero-order chi connectivity index (χ0) is 16.2. The number of hydrogen-bond donors (Lipinski definition) is 3. The van der Waals surface area contributed by atoms with Gasteiger partial charge in [0.05, 0.1) is 19.0 Å². The molecule has 7 nitrogen and oxygen atoms in total. The van der Waals surface area contributed by atoms with Gasteiger partial charge in [-0.2, -0.15) is 0 Å². The van der Waals surface area contributed by atoms with E-state index in [0.29, 0.717) is 18.6 Å². The van der Waals surface area contributed by atoms with Gasteiger partial charge in [-0.1, -0.05) is 0 Å². The van der Waals surface area contributed by atoms with Crippen molar-refractivity contribution in [3.8, 4) is 5.69 Å². The normalized spacial score (nSPS) is 24.3. The van der Waals surface area contributed by atoms with Gasteiger partial charge in [-0.05, 0) is 30.7 Å². The molecule has 7 heteroatoms. The van der Waals surface area contributed by atoms with Crippen LogP contribution in [0.4, 0.5) is 0 Å². The highest BCUT2D eigenvalue weighted by Crippen LogP contribution is 2.16. The molecule has 1 aliphatic rings. The van der Waals surface area contributed by atoms with Crippen molar-refractivity contribution in [2.75, 3.05) is 13.2 Å². The number of amides is 1. The lowest BCUT2D eigenvalue weighted by Crippen LogP contribution is -2.54. The minimum absolute atomic E-state index is 0.259. The molecule has 0 radical (unpaired) electrons. The van der Waals surface area contributed by atoms with Crippen molar-refractivity contribution in [1.29, 1.82) is 0 Å². The molecule has 3 rings (SSSR count). The second-order valence-corrected chi connectivity index (χ2v) is 5.47. The van der Waals surface area contributed by atoms with E-state index in [1.807, 2.05) is 22.9 Å². The van der Waals surface area contributed by atoms with Crippen molar-refractivity contribution >= 4 is 5.91 Å². The molecule has 1 aromatic carbocycles. The number of hydrogen-bond acceptors (Lipinski definition) is 5. The SMILES string of the molecule is O=C(N[C@H]1CCO[C@H](CO)[C@H]1O)c1ccc(-n2ccnc2)cc1. The van der Waals surface area contributed by atoms with E-state index in [0.717, 1.165) is 5.69 Å². The van der Waals surface area contributed by atoms with E-state index >= 15 is 0 Å². The van der Waals surface area contributed by atoms with Gasteiger partial charge in [0.1, 0.15) is 12.2 Å². The van der Waals surface area contributed by atoms with Gasteiger partial charge in [0.25, 0.3) is 5.91 Å². The summed E-state index contributed by atoms with van der Waals surface area (Å²) in [7, 11) is 0. The minimum atomic E-state index is -0.914. The monoisotopic (exact) mass is 317 g/mol. The van der Waals surface area contributed by atoms with E-state index in [-0.39, 0.29) is 12.5 Å². The lowest BCUT2D eigenvalue weighted by atomic mass is 9.99.